The second-order valence-corrected chi connectivity index (χ2v) is 5.54. The Kier molecular flexibility index (Phi) is 1.69. The molecule has 0 bridgehead atoms. The maximum absolute atomic E-state index is 12.9. The van der Waals surface area contributed by atoms with Crippen LogP contribution in [0.3, 0.4) is 0 Å². The third-order valence-corrected chi connectivity index (χ3v) is 4.39. The summed E-state index contributed by atoms with van der Waals surface area (Å²) in [7, 11) is 0. The molecule has 2 fully saturated rings. The SMILES string of the molecule is FC1(F)C2CC(c3nnc(Cl)s3)CC21. The Morgan fingerprint density at radius 1 is 1.29 bits per heavy atom. The molecule has 0 aliphatic heterocycles. The van der Waals surface area contributed by atoms with Gasteiger partial charge in [0, 0.05) is 17.8 Å². The zero-order valence-corrected chi connectivity index (χ0v) is 8.66. The Morgan fingerprint density at radius 3 is 2.43 bits per heavy atom. The Hall–Kier alpha value is -0.290. The molecule has 2 saturated carbocycles. The number of fused-ring (bicyclic) bond motifs is 1. The summed E-state index contributed by atoms with van der Waals surface area (Å²) in [5.74, 6) is -3.05. The first-order valence-corrected chi connectivity index (χ1v) is 5.65. The van der Waals surface area contributed by atoms with Crippen LogP contribution in [0.15, 0.2) is 0 Å². The average molecular weight is 237 g/mol. The summed E-state index contributed by atoms with van der Waals surface area (Å²) < 4.78 is 26.1. The lowest BCUT2D eigenvalue weighted by atomic mass is 10.0. The fourth-order valence-electron chi connectivity index (χ4n) is 2.39. The van der Waals surface area contributed by atoms with Gasteiger partial charge >= 0.3 is 0 Å². The Balaban J connectivity index is 1.75. The summed E-state index contributed by atoms with van der Waals surface area (Å²) in [5, 5.41) is 8.39. The van der Waals surface area contributed by atoms with Gasteiger partial charge < -0.3 is 0 Å². The maximum Gasteiger partial charge on any atom is 0.254 e. The minimum atomic E-state index is -2.40. The number of hydrogen-bond donors (Lipinski definition) is 0. The molecule has 2 nitrogen and oxygen atoms in total. The summed E-state index contributed by atoms with van der Waals surface area (Å²) in [6.45, 7) is 0. The van der Waals surface area contributed by atoms with Crippen molar-refractivity contribution in [3.05, 3.63) is 9.47 Å². The number of alkyl halides is 2. The fourth-order valence-corrected chi connectivity index (χ4v) is 3.36. The molecule has 1 aromatic heterocycles. The van der Waals surface area contributed by atoms with Gasteiger partial charge in [0.05, 0.1) is 0 Å². The average Bonchev–Trinajstić information content (AvgIpc) is 2.62. The smallest absolute Gasteiger partial charge is 0.206 e. The summed E-state index contributed by atoms with van der Waals surface area (Å²) >= 11 is 6.95. The minimum Gasteiger partial charge on any atom is -0.206 e. The van der Waals surface area contributed by atoms with Gasteiger partial charge in [0.1, 0.15) is 5.01 Å². The lowest BCUT2D eigenvalue weighted by Gasteiger charge is -2.09. The van der Waals surface area contributed by atoms with Crippen LogP contribution >= 0.6 is 22.9 Å². The molecule has 2 aliphatic carbocycles. The molecule has 1 aromatic rings. The van der Waals surface area contributed by atoms with Crippen LogP contribution in [0, 0.1) is 11.8 Å². The third-order valence-electron chi connectivity index (χ3n) is 3.21. The monoisotopic (exact) mass is 236 g/mol. The molecule has 2 aliphatic rings. The molecule has 76 valence electrons. The molecule has 6 heteroatoms. The molecule has 2 atom stereocenters. The van der Waals surface area contributed by atoms with Gasteiger partial charge in [-0.1, -0.05) is 11.3 Å². The van der Waals surface area contributed by atoms with Crippen molar-refractivity contribution in [1.82, 2.24) is 10.2 Å². The van der Waals surface area contributed by atoms with Crippen LogP contribution in [0.25, 0.3) is 0 Å². The Labute approximate surface area is 88.3 Å². The van der Waals surface area contributed by atoms with Crippen molar-refractivity contribution in [1.29, 1.82) is 0 Å². The number of rotatable bonds is 1. The normalized spacial score (nSPS) is 38.4. The van der Waals surface area contributed by atoms with E-state index in [1.165, 1.54) is 11.3 Å². The van der Waals surface area contributed by atoms with Crippen molar-refractivity contribution in [2.24, 2.45) is 11.8 Å². The van der Waals surface area contributed by atoms with E-state index in [9.17, 15) is 8.78 Å². The molecule has 0 spiro atoms. The molecule has 0 amide bonds. The van der Waals surface area contributed by atoms with Crippen LogP contribution in [-0.4, -0.2) is 16.1 Å². The van der Waals surface area contributed by atoms with E-state index in [1.54, 1.807) is 0 Å². The van der Waals surface area contributed by atoms with Crippen LogP contribution in [0.4, 0.5) is 8.78 Å². The number of aromatic nitrogens is 2. The Bertz CT molecular complexity index is 367. The third kappa shape index (κ3) is 1.11. The summed E-state index contributed by atoms with van der Waals surface area (Å²) in [6.07, 6.45) is 1.09. The van der Waals surface area contributed by atoms with Crippen molar-refractivity contribution >= 4 is 22.9 Å². The molecule has 0 N–H and O–H groups in total. The van der Waals surface area contributed by atoms with Gasteiger partial charge in [0.2, 0.25) is 4.47 Å². The molecular weight excluding hydrogens is 230 g/mol. The van der Waals surface area contributed by atoms with Crippen molar-refractivity contribution in [3.8, 4) is 0 Å². The van der Waals surface area contributed by atoms with Crippen LogP contribution in [0.2, 0.25) is 4.47 Å². The van der Waals surface area contributed by atoms with Gasteiger partial charge in [-0.15, -0.1) is 10.2 Å². The summed E-state index contributed by atoms with van der Waals surface area (Å²) in [6, 6.07) is 0. The summed E-state index contributed by atoms with van der Waals surface area (Å²) in [5.41, 5.74) is 0. The molecule has 0 radical (unpaired) electrons. The van der Waals surface area contributed by atoms with Crippen molar-refractivity contribution in [2.75, 3.05) is 0 Å². The van der Waals surface area contributed by atoms with Crippen LogP contribution in [-0.2, 0) is 0 Å². The predicted molar refractivity (Wildman–Crippen MR) is 48.8 cm³/mol. The van der Waals surface area contributed by atoms with E-state index in [-0.39, 0.29) is 5.92 Å². The first kappa shape index (κ1) is 8.97. The largest absolute Gasteiger partial charge is 0.254 e. The first-order chi connectivity index (χ1) is 6.59. The molecule has 3 rings (SSSR count). The highest BCUT2D eigenvalue weighted by Gasteiger charge is 2.71. The lowest BCUT2D eigenvalue weighted by molar-refractivity contribution is 0.0695. The zero-order chi connectivity index (χ0) is 9.92. The zero-order valence-electron chi connectivity index (χ0n) is 7.08. The highest BCUT2D eigenvalue weighted by Crippen LogP contribution is 2.67. The second kappa shape index (κ2) is 2.64. The lowest BCUT2D eigenvalue weighted by Crippen LogP contribution is -2.06. The van der Waals surface area contributed by atoms with E-state index in [0.29, 0.717) is 17.3 Å². The molecular formula is C8H7ClF2N2S. The minimum absolute atomic E-state index is 0.162. The van der Waals surface area contributed by atoms with E-state index in [0.717, 1.165) is 5.01 Å². The number of halogens is 3. The van der Waals surface area contributed by atoms with Gasteiger partial charge in [-0.2, -0.15) is 0 Å². The highest BCUT2D eigenvalue weighted by atomic mass is 35.5. The van der Waals surface area contributed by atoms with Crippen LogP contribution < -0.4 is 0 Å². The van der Waals surface area contributed by atoms with E-state index < -0.39 is 17.8 Å². The molecule has 14 heavy (non-hydrogen) atoms. The fraction of sp³-hybridized carbons (Fsp3) is 0.750. The van der Waals surface area contributed by atoms with Crippen LogP contribution in [0.1, 0.15) is 23.8 Å². The van der Waals surface area contributed by atoms with Crippen LogP contribution in [0.5, 0.6) is 0 Å². The molecule has 2 unspecified atom stereocenters. The number of nitrogens with zero attached hydrogens (tertiary/aromatic N) is 2. The highest BCUT2D eigenvalue weighted by molar-refractivity contribution is 7.15. The van der Waals surface area contributed by atoms with Gasteiger partial charge in [0.25, 0.3) is 5.92 Å². The van der Waals surface area contributed by atoms with E-state index >= 15 is 0 Å². The van der Waals surface area contributed by atoms with Gasteiger partial charge in [0.15, 0.2) is 0 Å². The van der Waals surface area contributed by atoms with Gasteiger partial charge in [-0.25, -0.2) is 8.78 Å². The van der Waals surface area contributed by atoms with E-state index in [1.807, 2.05) is 0 Å². The van der Waals surface area contributed by atoms with E-state index in [2.05, 4.69) is 10.2 Å². The van der Waals surface area contributed by atoms with E-state index in [4.69, 9.17) is 11.6 Å². The van der Waals surface area contributed by atoms with Gasteiger partial charge in [-0.3, -0.25) is 0 Å². The van der Waals surface area contributed by atoms with Gasteiger partial charge in [-0.05, 0) is 24.4 Å². The second-order valence-electron chi connectivity index (χ2n) is 3.95. The molecule has 0 saturated heterocycles. The standard InChI is InChI=1S/C8H7ClF2N2S/c9-7-13-12-6(14-7)3-1-4-5(2-3)8(4,10)11/h3-5H,1-2H2. The first-order valence-electron chi connectivity index (χ1n) is 4.45. The number of hydrogen-bond acceptors (Lipinski definition) is 3. The topological polar surface area (TPSA) is 25.8 Å². The predicted octanol–water partition coefficient (Wildman–Crippen LogP) is 2.95. The van der Waals surface area contributed by atoms with Crippen molar-refractivity contribution in [3.63, 3.8) is 0 Å². The molecule has 0 aromatic carbocycles. The molecule has 1 heterocycles. The summed E-state index contributed by atoms with van der Waals surface area (Å²) in [4.78, 5) is 0. The maximum atomic E-state index is 12.9. The van der Waals surface area contributed by atoms with Crippen molar-refractivity contribution < 1.29 is 8.78 Å². The quantitative estimate of drug-likeness (QED) is 0.749. The Morgan fingerprint density at radius 2 is 1.93 bits per heavy atom. The van der Waals surface area contributed by atoms with Crippen molar-refractivity contribution in [2.45, 2.75) is 24.7 Å².